The molecule has 0 radical (unpaired) electrons. The van der Waals surface area contributed by atoms with Gasteiger partial charge in [0.1, 0.15) is 0 Å². The van der Waals surface area contributed by atoms with Crippen molar-refractivity contribution in [3.05, 3.63) is 22.4 Å². The van der Waals surface area contributed by atoms with Crippen LogP contribution in [-0.2, 0) is 21.1 Å². The fourth-order valence-corrected chi connectivity index (χ4v) is 0.864. The van der Waals surface area contributed by atoms with Gasteiger partial charge in [0.25, 0.3) is 0 Å². The molecule has 2 heteroatoms. The van der Waals surface area contributed by atoms with Gasteiger partial charge in [0.05, 0.1) is 0 Å². The average molecular weight is 281 g/mol. The molecule has 0 aliphatic carbocycles. The molecule has 1 rings (SSSR count). The zero-order valence-electron chi connectivity index (χ0n) is 3.97. The van der Waals surface area contributed by atoms with Crippen LogP contribution >= 0.6 is 11.3 Å². The molecule has 0 aliphatic rings. The predicted octanol–water partition coefficient (Wildman–Crippen LogP) is 1.85. The molecule has 0 bridgehead atoms. The summed E-state index contributed by atoms with van der Waals surface area (Å²) in [5.41, 5.74) is 1.31. The van der Waals surface area contributed by atoms with Gasteiger partial charge in [-0.2, -0.15) is 17.0 Å². The zero-order valence-corrected chi connectivity index (χ0v) is 7.72. The number of aryl methyl sites for hydroxylation is 1. The quantitative estimate of drug-likeness (QED) is 0.637. The van der Waals surface area contributed by atoms with Crippen LogP contribution in [0, 0.1) is 12.3 Å². The van der Waals surface area contributed by atoms with E-state index < -0.39 is 0 Å². The summed E-state index contributed by atoms with van der Waals surface area (Å²) >= 11 is 1.61. The third-order valence-corrected chi connectivity index (χ3v) is 1.34. The van der Waals surface area contributed by atoms with Gasteiger partial charge in [0.15, 0.2) is 0 Å². The Labute approximate surface area is 61.8 Å². The summed E-state index contributed by atoms with van der Waals surface area (Å²) in [5, 5.41) is 5.04. The largest absolute Gasteiger partial charge is 0.304 e. The Morgan fingerprint density at radius 2 is 2.43 bits per heavy atom. The zero-order chi connectivity index (χ0) is 4.41. The van der Waals surface area contributed by atoms with Crippen molar-refractivity contribution in [3.8, 4) is 0 Å². The van der Waals surface area contributed by atoms with Gasteiger partial charge >= 0.3 is 0 Å². The van der Waals surface area contributed by atoms with Gasteiger partial charge in [-0.1, -0.05) is 6.92 Å². The topological polar surface area (TPSA) is 0 Å². The van der Waals surface area contributed by atoms with Gasteiger partial charge in [0.2, 0.25) is 0 Å². The van der Waals surface area contributed by atoms with E-state index in [0.29, 0.717) is 0 Å². The number of thiophene rings is 1. The number of hydrogen-bond acceptors (Lipinski definition) is 1. The van der Waals surface area contributed by atoms with E-state index in [1.54, 1.807) is 11.3 Å². The Kier molecular flexibility index (Phi) is 3.59. The molecule has 38 valence electrons. The van der Waals surface area contributed by atoms with Crippen molar-refractivity contribution in [1.29, 1.82) is 0 Å². The van der Waals surface area contributed by atoms with E-state index in [4.69, 9.17) is 0 Å². The van der Waals surface area contributed by atoms with Gasteiger partial charge in [-0.3, -0.25) is 0 Å². The Balaban J connectivity index is 0.000000360. The van der Waals surface area contributed by atoms with Gasteiger partial charge in [-0.25, -0.2) is 0 Å². The Morgan fingerprint density at radius 3 is 2.57 bits per heavy atom. The van der Waals surface area contributed by atoms with Crippen molar-refractivity contribution in [2.24, 2.45) is 0 Å². The van der Waals surface area contributed by atoms with Crippen molar-refractivity contribution >= 4 is 11.3 Å². The molecule has 0 aliphatic heterocycles. The minimum atomic E-state index is 0. The fraction of sp³-hybridized carbons (Fsp3) is 0.200. The van der Waals surface area contributed by atoms with E-state index in [9.17, 15) is 0 Å². The second-order valence-electron chi connectivity index (χ2n) is 1.24. The summed E-state index contributed by atoms with van der Waals surface area (Å²) in [6.45, 7) is 2.06. The van der Waals surface area contributed by atoms with Gasteiger partial charge in [-0.05, 0) is 0 Å². The molecule has 1 aromatic rings. The number of rotatable bonds is 0. The van der Waals surface area contributed by atoms with E-state index in [-0.39, 0.29) is 21.1 Å². The minimum absolute atomic E-state index is 0. The maximum Gasteiger partial charge on any atom is 0 e. The van der Waals surface area contributed by atoms with E-state index in [0.717, 1.165) is 0 Å². The third kappa shape index (κ3) is 2.25. The summed E-state index contributed by atoms with van der Waals surface area (Å²) in [6.07, 6.45) is 0. The summed E-state index contributed by atoms with van der Waals surface area (Å²) < 4.78 is 0. The van der Waals surface area contributed by atoms with Crippen molar-refractivity contribution in [3.63, 3.8) is 0 Å². The fourth-order valence-electron chi connectivity index (χ4n) is 0.288. The van der Waals surface area contributed by atoms with Gasteiger partial charge < -0.3 is 11.3 Å². The average Bonchev–Trinajstić information content (AvgIpc) is 1.86. The van der Waals surface area contributed by atoms with Crippen LogP contribution in [0.25, 0.3) is 0 Å². The maximum absolute atomic E-state index is 2.97. The summed E-state index contributed by atoms with van der Waals surface area (Å²) in [6, 6.07) is 1.98. The second kappa shape index (κ2) is 3.40. The van der Waals surface area contributed by atoms with Crippen LogP contribution in [-0.4, -0.2) is 0 Å². The van der Waals surface area contributed by atoms with Crippen LogP contribution in [0.1, 0.15) is 5.56 Å². The minimum Gasteiger partial charge on any atom is -0.304 e. The van der Waals surface area contributed by atoms with E-state index in [1.165, 1.54) is 5.56 Å². The molecule has 0 spiro atoms. The molecule has 0 saturated heterocycles. The van der Waals surface area contributed by atoms with Gasteiger partial charge in [-0.15, -0.1) is 5.38 Å². The molecule has 0 saturated carbocycles. The van der Waals surface area contributed by atoms with E-state index in [1.807, 2.05) is 6.07 Å². The first kappa shape index (κ1) is 7.39. The molecule has 0 atom stereocenters. The third-order valence-electron chi connectivity index (χ3n) is 0.599. The molecular formula is C5H5SW-. The van der Waals surface area contributed by atoms with E-state index in [2.05, 4.69) is 17.7 Å². The molecular weight excluding hydrogens is 276 g/mol. The van der Waals surface area contributed by atoms with Crippen molar-refractivity contribution in [2.45, 2.75) is 6.92 Å². The summed E-state index contributed by atoms with van der Waals surface area (Å²) in [4.78, 5) is 0. The molecule has 1 aromatic heterocycles. The molecule has 0 unspecified atom stereocenters. The summed E-state index contributed by atoms with van der Waals surface area (Å²) in [7, 11) is 0. The van der Waals surface area contributed by atoms with E-state index >= 15 is 0 Å². The Morgan fingerprint density at radius 1 is 1.71 bits per heavy atom. The molecule has 0 fully saturated rings. The maximum atomic E-state index is 2.97. The molecule has 0 aromatic carbocycles. The van der Waals surface area contributed by atoms with Crippen LogP contribution in [0.15, 0.2) is 11.4 Å². The van der Waals surface area contributed by atoms with Crippen LogP contribution in [0.5, 0.6) is 0 Å². The van der Waals surface area contributed by atoms with Crippen LogP contribution in [0.2, 0.25) is 0 Å². The standard InChI is InChI=1S/C5H5S.W/c1-5-2-3-6-4-5;/h2,4H,1H3;/q-1;. The van der Waals surface area contributed by atoms with Crippen molar-refractivity contribution in [2.75, 3.05) is 0 Å². The molecule has 0 amide bonds. The van der Waals surface area contributed by atoms with Crippen LogP contribution in [0.3, 0.4) is 0 Å². The first-order valence-electron chi connectivity index (χ1n) is 1.81. The monoisotopic (exact) mass is 281 g/mol. The normalized spacial score (nSPS) is 7.57. The van der Waals surface area contributed by atoms with Crippen LogP contribution in [0.4, 0.5) is 0 Å². The molecule has 0 N–H and O–H groups in total. The van der Waals surface area contributed by atoms with Crippen molar-refractivity contribution in [1.82, 2.24) is 0 Å². The Hall–Kier alpha value is 0.388. The molecule has 7 heavy (non-hydrogen) atoms. The Bertz CT molecular complexity index is 112. The SMILES string of the molecule is Cc1c[c-]sc1.[W]. The smallest absolute Gasteiger partial charge is 0 e. The first-order valence-corrected chi connectivity index (χ1v) is 2.69. The predicted molar refractivity (Wildman–Crippen MR) is 27.9 cm³/mol. The molecule has 1 heterocycles. The molecule has 0 nitrogen and oxygen atoms in total. The first-order chi connectivity index (χ1) is 2.89. The van der Waals surface area contributed by atoms with Crippen molar-refractivity contribution < 1.29 is 21.1 Å². The van der Waals surface area contributed by atoms with Gasteiger partial charge in [0, 0.05) is 21.1 Å². The number of hydrogen-bond donors (Lipinski definition) is 0. The van der Waals surface area contributed by atoms with Crippen LogP contribution < -0.4 is 0 Å². The second-order valence-corrected chi connectivity index (χ2v) is 1.95. The summed E-state index contributed by atoms with van der Waals surface area (Å²) in [5.74, 6) is 0.